The SMILES string of the molecule is CC(C)(C)OC(=O)NCCNS(=O)(=O)c1ccc(-c2ccnc3[nH]c(C(F)(F)F)cc23)cc1. The van der Waals surface area contributed by atoms with Crippen LogP contribution in [-0.2, 0) is 20.9 Å². The van der Waals surface area contributed by atoms with Crippen molar-refractivity contribution in [2.24, 2.45) is 0 Å². The average Bonchev–Trinajstić information content (AvgIpc) is 3.15. The monoisotopic (exact) mass is 484 g/mol. The summed E-state index contributed by atoms with van der Waals surface area (Å²) < 4.78 is 71.5. The highest BCUT2D eigenvalue weighted by Crippen LogP contribution is 2.34. The maximum atomic E-state index is 13.0. The van der Waals surface area contributed by atoms with Crippen molar-refractivity contribution in [3.63, 3.8) is 0 Å². The number of alkyl halides is 3. The van der Waals surface area contributed by atoms with Gasteiger partial charge in [0.15, 0.2) is 0 Å². The number of halogens is 3. The molecule has 33 heavy (non-hydrogen) atoms. The van der Waals surface area contributed by atoms with Gasteiger partial charge < -0.3 is 15.0 Å². The molecular formula is C21H23F3N4O4S. The number of rotatable bonds is 6. The Bertz CT molecular complexity index is 1250. The number of nitrogens with zero attached hydrogens (tertiary/aromatic N) is 1. The molecule has 1 aromatic carbocycles. The number of carbonyl (C=O) groups excluding carboxylic acids is 1. The highest BCUT2D eigenvalue weighted by molar-refractivity contribution is 7.89. The smallest absolute Gasteiger partial charge is 0.431 e. The normalized spacial score (nSPS) is 12.7. The molecular weight excluding hydrogens is 461 g/mol. The van der Waals surface area contributed by atoms with Gasteiger partial charge in [-0.15, -0.1) is 0 Å². The van der Waals surface area contributed by atoms with Gasteiger partial charge in [0.1, 0.15) is 16.9 Å². The van der Waals surface area contributed by atoms with Gasteiger partial charge in [-0.1, -0.05) is 12.1 Å². The highest BCUT2D eigenvalue weighted by Gasteiger charge is 2.33. The molecule has 0 radical (unpaired) electrons. The predicted octanol–water partition coefficient (Wildman–Crippen LogP) is 4.05. The van der Waals surface area contributed by atoms with E-state index in [9.17, 15) is 26.4 Å². The molecule has 0 fully saturated rings. The number of amides is 1. The zero-order valence-corrected chi connectivity index (χ0v) is 18.9. The third-order valence-corrected chi connectivity index (χ3v) is 5.88. The first-order chi connectivity index (χ1) is 15.3. The second-order valence-corrected chi connectivity index (χ2v) is 9.92. The predicted molar refractivity (Wildman–Crippen MR) is 116 cm³/mol. The number of H-pyrrole nitrogens is 1. The van der Waals surface area contributed by atoms with Gasteiger partial charge in [0, 0.05) is 24.7 Å². The molecule has 0 unspecified atom stereocenters. The lowest BCUT2D eigenvalue weighted by Crippen LogP contribution is -2.37. The number of ether oxygens (including phenoxy) is 1. The number of nitrogens with one attached hydrogen (secondary N) is 3. The molecule has 12 heteroatoms. The number of sulfonamides is 1. The Morgan fingerprint density at radius 1 is 1.09 bits per heavy atom. The summed E-state index contributed by atoms with van der Waals surface area (Å²) in [6.07, 6.45) is -3.83. The number of benzene rings is 1. The Labute approximate surface area is 188 Å². The molecule has 2 heterocycles. The first-order valence-electron chi connectivity index (χ1n) is 9.88. The molecule has 0 aliphatic rings. The van der Waals surface area contributed by atoms with E-state index in [0.29, 0.717) is 11.1 Å². The molecule has 0 aliphatic heterocycles. The number of aromatic nitrogens is 2. The van der Waals surface area contributed by atoms with Crippen molar-refractivity contribution < 1.29 is 31.1 Å². The molecule has 3 aromatic rings. The molecule has 3 N–H and O–H groups in total. The maximum Gasteiger partial charge on any atom is 0.431 e. The number of aromatic amines is 1. The summed E-state index contributed by atoms with van der Waals surface area (Å²) in [5.74, 6) is 0. The fourth-order valence-electron chi connectivity index (χ4n) is 2.99. The Balaban J connectivity index is 1.70. The molecule has 0 spiro atoms. The average molecular weight is 485 g/mol. The van der Waals surface area contributed by atoms with Crippen LogP contribution in [0, 0.1) is 0 Å². The first-order valence-corrected chi connectivity index (χ1v) is 11.4. The summed E-state index contributed by atoms with van der Waals surface area (Å²) in [4.78, 5) is 17.7. The quantitative estimate of drug-likeness (QED) is 0.457. The minimum atomic E-state index is -4.54. The van der Waals surface area contributed by atoms with Crippen LogP contribution in [0.2, 0.25) is 0 Å². The van der Waals surface area contributed by atoms with E-state index in [4.69, 9.17) is 4.74 Å². The Morgan fingerprint density at radius 3 is 2.36 bits per heavy atom. The van der Waals surface area contributed by atoms with Gasteiger partial charge >= 0.3 is 12.3 Å². The minimum Gasteiger partial charge on any atom is -0.444 e. The summed E-state index contributed by atoms with van der Waals surface area (Å²) >= 11 is 0. The molecule has 0 aliphatic carbocycles. The van der Waals surface area contributed by atoms with Crippen LogP contribution >= 0.6 is 0 Å². The zero-order valence-electron chi connectivity index (χ0n) is 18.1. The molecule has 0 bridgehead atoms. The second-order valence-electron chi connectivity index (χ2n) is 8.15. The van der Waals surface area contributed by atoms with E-state index >= 15 is 0 Å². The number of hydrogen-bond acceptors (Lipinski definition) is 5. The lowest BCUT2D eigenvalue weighted by molar-refractivity contribution is -0.140. The van der Waals surface area contributed by atoms with Crippen molar-refractivity contribution in [3.8, 4) is 11.1 Å². The van der Waals surface area contributed by atoms with E-state index in [-0.39, 0.29) is 29.0 Å². The molecule has 3 rings (SSSR count). The van der Waals surface area contributed by atoms with Gasteiger partial charge in [-0.2, -0.15) is 13.2 Å². The number of alkyl carbamates (subject to hydrolysis) is 1. The fraction of sp³-hybridized carbons (Fsp3) is 0.333. The summed E-state index contributed by atoms with van der Waals surface area (Å²) in [5.41, 5.74) is -0.497. The number of fused-ring (bicyclic) bond motifs is 1. The Morgan fingerprint density at radius 2 is 1.76 bits per heavy atom. The summed E-state index contributed by atoms with van der Waals surface area (Å²) in [7, 11) is -3.86. The van der Waals surface area contributed by atoms with E-state index in [2.05, 4.69) is 20.0 Å². The van der Waals surface area contributed by atoms with Crippen molar-refractivity contribution in [1.29, 1.82) is 0 Å². The van der Waals surface area contributed by atoms with E-state index in [1.165, 1.54) is 30.5 Å². The molecule has 1 amide bonds. The van der Waals surface area contributed by atoms with Gasteiger partial charge in [-0.25, -0.2) is 22.9 Å². The second kappa shape index (κ2) is 9.02. The van der Waals surface area contributed by atoms with Crippen molar-refractivity contribution in [1.82, 2.24) is 20.0 Å². The third-order valence-electron chi connectivity index (χ3n) is 4.40. The van der Waals surface area contributed by atoms with E-state index in [1.54, 1.807) is 26.8 Å². The molecule has 0 saturated heterocycles. The van der Waals surface area contributed by atoms with E-state index in [1.807, 2.05) is 0 Å². The van der Waals surface area contributed by atoms with Crippen molar-refractivity contribution in [2.75, 3.05) is 13.1 Å². The van der Waals surface area contributed by atoms with Crippen LogP contribution < -0.4 is 10.0 Å². The lowest BCUT2D eigenvalue weighted by atomic mass is 10.0. The van der Waals surface area contributed by atoms with Crippen molar-refractivity contribution >= 4 is 27.1 Å². The van der Waals surface area contributed by atoms with Gasteiger partial charge in [0.25, 0.3) is 0 Å². The largest absolute Gasteiger partial charge is 0.444 e. The lowest BCUT2D eigenvalue weighted by Gasteiger charge is -2.19. The van der Waals surface area contributed by atoms with Crippen LogP contribution in [0.15, 0.2) is 47.5 Å². The minimum absolute atomic E-state index is 0.0241. The van der Waals surface area contributed by atoms with Crippen LogP contribution in [0.4, 0.5) is 18.0 Å². The third kappa shape index (κ3) is 6.23. The van der Waals surface area contributed by atoms with Crippen molar-refractivity contribution in [2.45, 2.75) is 37.4 Å². The molecule has 178 valence electrons. The van der Waals surface area contributed by atoms with Crippen LogP contribution in [0.1, 0.15) is 26.5 Å². The maximum absolute atomic E-state index is 13.0. The van der Waals surface area contributed by atoms with Gasteiger partial charge in [-0.05, 0) is 56.2 Å². The highest BCUT2D eigenvalue weighted by atomic mass is 32.2. The van der Waals surface area contributed by atoms with Crippen LogP contribution in [0.3, 0.4) is 0 Å². The van der Waals surface area contributed by atoms with Crippen LogP contribution in [0.25, 0.3) is 22.2 Å². The molecule has 2 aromatic heterocycles. The zero-order chi connectivity index (χ0) is 24.4. The number of carbonyl (C=O) groups is 1. The van der Waals surface area contributed by atoms with Gasteiger partial charge in [0.05, 0.1) is 4.90 Å². The van der Waals surface area contributed by atoms with Crippen LogP contribution in [-0.4, -0.2) is 43.2 Å². The standard InChI is InChI=1S/C21H23F3N4O4S/c1-20(2,3)32-19(29)26-10-11-27-33(30,31)14-6-4-13(5-7-14)15-8-9-25-18-16(15)12-17(28-18)21(22,23)24/h4-9,12,27H,10-11H2,1-3H3,(H,25,28)(H,26,29). The first kappa shape index (κ1) is 24.5. The number of hydrogen-bond donors (Lipinski definition) is 3. The van der Waals surface area contributed by atoms with Crippen LogP contribution in [0.5, 0.6) is 0 Å². The molecule has 0 saturated carbocycles. The Kier molecular flexibility index (Phi) is 6.70. The molecule has 0 atom stereocenters. The van der Waals surface area contributed by atoms with E-state index < -0.39 is 33.6 Å². The van der Waals surface area contributed by atoms with Crippen molar-refractivity contribution in [3.05, 3.63) is 48.3 Å². The summed E-state index contributed by atoms with van der Waals surface area (Å²) in [5, 5.41) is 2.72. The summed E-state index contributed by atoms with van der Waals surface area (Å²) in [6, 6.07) is 8.23. The van der Waals surface area contributed by atoms with E-state index in [0.717, 1.165) is 6.07 Å². The summed E-state index contributed by atoms with van der Waals surface area (Å²) in [6.45, 7) is 5.09. The number of pyridine rings is 1. The van der Waals surface area contributed by atoms with Gasteiger partial charge in [0.2, 0.25) is 10.0 Å². The Hall–Kier alpha value is -3.12. The fourth-order valence-corrected chi connectivity index (χ4v) is 4.02. The van der Waals surface area contributed by atoms with Gasteiger partial charge in [-0.3, -0.25) is 0 Å². The topological polar surface area (TPSA) is 113 Å². The molecule has 8 nitrogen and oxygen atoms in total.